The van der Waals surface area contributed by atoms with Crippen LogP contribution in [0.4, 0.5) is 0 Å². The Hall–Kier alpha value is 0.439. The molecule has 0 amide bonds. The Morgan fingerprint density at radius 1 is 0.765 bits per heavy atom. The van der Waals surface area contributed by atoms with Crippen LogP contribution in [0.2, 0.25) is 0 Å². The molecular formula is C25H39Cl2MnN5S-4. The number of hydrogen-bond acceptors (Lipinski definition) is 2. The molecule has 0 aromatic carbocycles. The van der Waals surface area contributed by atoms with E-state index in [4.69, 9.17) is 46.4 Å². The zero-order valence-corrected chi connectivity index (χ0v) is 24.2. The summed E-state index contributed by atoms with van der Waals surface area (Å²) in [5.74, 6) is 0. The van der Waals surface area contributed by atoms with Gasteiger partial charge in [0, 0.05) is 21.0 Å². The van der Waals surface area contributed by atoms with Gasteiger partial charge in [-0.2, -0.15) is 37.3 Å². The Balaban J connectivity index is 0.00000103. The van der Waals surface area contributed by atoms with Crippen LogP contribution in [0.1, 0.15) is 83.5 Å². The van der Waals surface area contributed by atoms with Crippen molar-refractivity contribution in [3.63, 3.8) is 0 Å². The maximum atomic E-state index is 5.11. The molecule has 34 heavy (non-hydrogen) atoms. The van der Waals surface area contributed by atoms with Gasteiger partial charge >= 0.3 is 33.3 Å². The fourth-order valence-electron chi connectivity index (χ4n) is 5.10. The molecule has 0 saturated heterocycles. The summed E-state index contributed by atoms with van der Waals surface area (Å²) in [7, 11) is 9.59. The number of aromatic nitrogens is 1. The van der Waals surface area contributed by atoms with Gasteiger partial charge in [-0.3, -0.25) is 4.98 Å². The van der Waals surface area contributed by atoms with Crippen molar-refractivity contribution in [2.75, 3.05) is 13.1 Å². The molecule has 2 fully saturated rings. The molecule has 1 aliphatic heterocycles. The zero-order chi connectivity index (χ0) is 24.4. The molecule has 1 aromatic heterocycles. The Labute approximate surface area is 226 Å². The van der Waals surface area contributed by atoms with Crippen molar-refractivity contribution < 1.29 is 13.1 Å². The second kappa shape index (κ2) is 15.0. The molecule has 3 aliphatic rings. The van der Waals surface area contributed by atoms with Crippen molar-refractivity contribution in [2.45, 2.75) is 119 Å². The SMILES string of the molecule is CC(C)(C)Sc1cc2nc(c1)C[N-][C@@H]1CCCC[C@H]1[N-]CC[N-]C1CCCCC1[N-]C2.[Cl][Mn][Cl]. The van der Waals surface area contributed by atoms with Crippen LogP contribution in [-0.4, -0.2) is 47.0 Å². The molecule has 0 spiro atoms. The molecule has 4 atom stereocenters. The van der Waals surface area contributed by atoms with Crippen molar-refractivity contribution in [2.24, 2.45) is 0 Å². The van der Waals surface area contributed by atoms with Gasteiger partial charge < -0.3 is 21.3 Å². The van der Waals surface area contributed by atoms with E-state index >= 15 is 0 Å². The number of thioether (sulfide) groups is 1. The third-order valence-corrected chi connectivity index (χ3v) is 7.60. The van der Waals surface area contributed by atoms with Crippen molar-refractivity contribution >= 4 is 32.0 Å². The molecule has 5 nitrogen and oxygen atoms in total. The average Bonchev–Trinajstić information content (AvgIpc) is 2.79. The number of nitrogens with zero attached hydrogens (tertiary/aromatic N) is 5. The second-order valence-electron chi connectivity index (χ2n) is 10.4. The van der Waals surface area contributed by atoms with Gasteiger partial charge in [0.05, 0.1) is 0 Å². The van der Waals surface area contributed by atoms with E-state index in [9.17, 15) is 0 Å². The predicted octanol–water partition coefficient (Wildman–Crippen LogP) is 8.48. The summed E-state index contributed by atoms with van der Waals surface area (Å²) < 4.78 is 0.170. The molecule has 2 saturated carbocycles. The van der Waals surface area contributed by atoms with Gasteiger partial charge in [0.2, 0.25) is 0 Å². The predicted molar refractivity (Wildman–Crippen MR) is 144 cm³/mol. The van der Waals surface area contributed by atoms with Gasteiger partial charge in [-0.05, 0) is 12.1 Å². The fourth-order valence-corrected chi connectivity index (χ4v) is 6.19. The van der Waals surface area contributed by atoms with Crippen molar-refractivity contribution in [1.29, 1.82) is 0 Å². The molecule has 195 valence electrons. The third kappa shape index (κ3) is 10.1. The minimum atomic E-state index is 0.00694. The molecule has 9 heteroatoms. The Morgan fingerprint density at radius 3 is 1.53 bits per heavy atom. The van der Waals surface area contributed by atoms with Crippen LogP contribution in [0.3, 0.4) is 0 Å². The standard InChI is InChI=1S/C25H39N5S.2ClH.Mn/c1-25(2,3)31-20-14-18-16-28-23-10-6-4-8-21(23)26-12-13-27-22-9-5-7-11-24(22)29-17-19(15-20)30-18;;;/h14-15,21-24H,4-13,16-17H2,1-3H3;2*1H;/q-4;;;+2/p-2/t21-,22?,23-,24?;;;/m1.../s1. The van der Waals surface area contributed by atoms with Gasteiger partial charge in [0.25, 0.3) is 0 Å². The summed E-state index contributed by atoms with van der Waals surface area (Å²) in [5.41, 5.74) is 2.17. The van der Waals surface area contributed by atoms with Gasteiger partial charge in [-0.1, -0.05) is 72.1 Å². The molecule has 2 bridgehead atoms. The van der Waals surface area contributed by atoms with Gasteiger partial charge in [-0.15, -0.1) is 24.9 Å². The first-order chi connectivity index (χ1) is 16.4. The number of fused-ring (bicyclic) bond motifs is 4. The van der Waals surface area contributed by atoms with E-state index in [-0.39, 0.29) is 17.9 Å². The summed E-state index contributed by atoms with van der Waals surface area (Å²) in [6.07, 6.45) is 9.77. The molecular weight excluding hydrogens is 528 g/mol. The van der Waals surface area contributed by atoms with Crippen molar-refractivity contribution in [1.82, 2.24) is 4.98 Å². The van der Waals surface area contributed by atoms with Crippen LogP contribution < -0.4 is 0 Å². The van der Waals surface area contributed by atoms with E-state index in [0.717, 1.165) is 37.3 Å². The average molecular weight is 568 g/mol. The van der Waals surface area contributed by atoms with E-state index < -0.39 is 0 Å². The quantitative estimate of drug-likeness (QED) is 0.252. The van der Waals surface area contributed by atoms with Crippen LogP contribution in [-0.2, 0) is 26.2 Å². The summed E-state index contributed by atoms with van der Waals surface area (Å²) in [5, 5.41) is 20.3. The van der Waals surface area contributed by atoms with Crippen molar-refractivity contribution in [3.05, 3.63) is 44.8 Å². The summed E-state index contributed by atoms with van der Waals surface area (Å²) in [6, 6.07) is 5.91. The zero-order valence-electron chi connectivity index (χ0n) is 20.7. The van der Waals surface area contributed by atoms with Crippen LogP contribution >= 0.6 is 32.0 Å². The van der Waals surface area contributed by atoms with Gasteiger partial charge in [0.1, 0.15) is 0 Å². The number of pyridine rings is 1. The number of hydrogen-bond donors (Lipinski definition) is 0. The van der Waals surface area contributed by atoms with E-state index in [1.54, 1.807) is 0 Å². The van der Waals surface area contributed by atoms with E-state index in [0.29, 0.717) is 37.3 Å². The summed E-state index contributed by atoms with van der Waals surface area (Å²) in [4.78, 5) is 6.28. The molecule has 0 radical (unpaired) electrons. The monoisotopic (exact) mass is 566 g/mol. The van der Waals surface area contributed by atoms with Crippen molar-refractivity contribution in [3.8, 4) is 0 Å². The van der Waals surface area contributed by atoms with Gasteiger partial charge in [-0.25, -0.2) is 0 Å². The van der Waals surface area contributed by atoms with Crippen LogP contribution in [0, 0.1) is 0 Å². The Bertz CT molecular complexity index is 687. The minimum absolute atomic E-state index is 0.00694. The molecule has 0 N–H and O–H groups in total. The van der Waals surface area contributed by atoms with Gasteiger partial charge in [0.15, 0.2) is 0 Å². The first-order valence-electron chi connectivity index (χ1n) is 12.6. The topological polar surface area (TPSA) is 69.3 Å². The normalized spacial score (nSPS) is 28.9. The van der Waals surface area contributed by atoms with Crippen LogP contribution in [0.25, 0.3) is 21.3 Å². The molecule has 4 rings (SSSR count). The molecule has 2 heterocycles. The number of rotatable bonds is 1. The second-order valence-corrected chi connectivity index (χ2v) is 14.2. The Morgan fingerprint density at radius 2 is 1.15 bits per heavy atom. The van der Waals surface area contributed by atoms with Crippen LogP contribution in [0.15, 0.2) is 17.0 Å². The van der Waals surface area contributed by atoms with E-state index in [1.807, 2.05) is 11.8 Å². The number of halogens is 2. The van der Waals surface area contributed by atoms with E-state index in [1.165, 1.54) is 43.4 Å². The molecule has 2 unspecified atom stereocenters. The molecule has 2 aliphatic carbocycles. The third-order valence-electron chi connectivity index (χ3n) is 6.52. The van der Waals surface area contributed by atoms with E-state index in [2.05, 4.69) is 32.9 Å². The maximum absolute atomic E-state index is 5.11. The summed E-state index contributed by atoms with van der Waals surface area (Å²) >= 11 is 1.92. The summed E-state index contributed by atoms with van der Waals surface area (Å²) in [6.45, 7) is 9.88. The van der Waals surface area contributed by atoms with Crippen LogP contribution in [0.5, 0.6) is 0 Å². The first kappa shape index (κ1) is 29.0. The fraction of sp³-hybridized carbons (Fsp3) is 0.800. The first-order valence-corrected chi connectivity index (χ1v) is 16.7. The Kier molecular flexibility index (Phi) is 12.8. The molecule has 1 aromatic rings.